The number of carbonyl (C=O) groups is 2. The third kappa shape index (κ3) is 3.61. The van der Waals surface area contributed by atoms with E-state index in [1.807, 2.05) is 31.2 Å². The van der Waals surface area contributed by atoms with Crippen LogP contribution in [0.4, 0.5) is 0 Å². The molecule has 5 heteroatoms. The van der Waals surface area contributed by atoms with E-state index in [1.54, 1.807) is 6.92 Å². The summed E-state index contributed by atoms with van der Waals surface area (Å²) < 4.78 is 10.6. The Hall–Kier alpha value is -1.88. The summed E-state index contributed by atoms with van der Waals surface area (Å²) in [7, 11) is 0. The molecule has 0 aliphatic carbocycles. The van der Waals surface area contributed by atoms with Gasteiger partial charge in [-0.25, -0.2) is 0 Å². The Morgan fingerprint density at radius 1 is 1.33 bits per heavy atom. The summed E-state index contributed by atoms with van der Waals surface area (Å²) in [5, 5.41) is 0. The van der Waals surface area contributed by atoms with E-state index in [2.05, 4.69) is 0 Å². The van der Waals surface area contributed by atoms with Crippen molar-refractivity contribution < 1.29 is 19.1 Å². The maximum Gasteiger partial charge on any atom is 0.325 e. The van der Waals surface area contributed by atoms with Crippen LogP contribution in [-0.2, 0) is 25.5 Å². The van der Waals surface area contributed by atoms with E-state index in [4.69, 9.17) is 9.47 Å². The van der Waals surface area contributed by atoms with Gasteiger partial charge in [-0.2, -0.15) is 0 Å². The Morgan fingerprint density at radius 2 is 2.10 bits per heavy atom. The fraction of sp³-hybridized carbons (Fsp3) is 0.500. The summed E-state index contributed by atoms with van der Waals surface area (Å²) >= 11 is 0. The summed E-state index contributed by atoms with van der Waals surface area (Å²) in [6.45, 7) is 4.82. The third-order valence-electron chi connectivity index (χ3n) is 3.54. The predicted molar refractivity (Wildman–Crippen MR) is 77.7 cm³/mol. The molecule has 1 unspecified atom stereocenters. The number of fused-ring (bicyclic) bond motifs is 1. The van der Waals surface area contributed by atoms with Crippen molar-refractivity contribution in [1.82, 2.24) is 4.90 Å². The van der Waals surface area contributed by atoms with Gasteiger partial charge in [0, 0.05) is 6.54 Å². The molecule has 0 N–H and O–H groups in total. The first-order chi connectivity index (χ1) is 10.2. The maximum atomic E-state index is 12.6. The van der Waals surface area contributed by atoms with Gasteiger partial charge >= 0.3 is 5.97 Å². The van der Waals surface area contributed by atoms with Gasteiger partial charge < -0.3 is 14.4 Å². The fourth-order valence-electron chi connectivity index (χ4n) is 2.47. The van der Waals surface area contributed by atoms with Crippen LogP contribution < -0.4 is 0 Å². The van der Waals surface area contributed by atoms with Gasteiger partial charge in [0.05, 0.1) is 13.2 Å². The molecule has 1 aromatic carbocycles. The SMILES string of the molecule is CCOC(=O)CN(CC)C(=O)C1OCCc2ccccc21. The molecule has 1 amide bonds. The van der Waals surface area contributed by atoms with Gasteiger partial charge in [-0.1, -0.05) is 24.3 Å². The number of carbonyl (C=O) groups excluding carboxylic acids is 2. The lowest BCUT2D eigenvalue weighted by atomic mass is 9.97. The molecule has 5 nitrogen and oxygen atoms in total. The van der Waals surface area contributed by atoms with Crippen molar-refractivity contribution in [2.75, 3.05) is 26.3 Å². The van der Waals surface area contributed by atoms with Crippen LogP contribution in [0.2, 0.25) is 0 Å². The highest BCUT2D eigenvalue weighted by atomic mass is 16.5. The molecular formula is C16H21NO4. The Morgan fingerprint density at radius 3 is 2.81 bits per heavy atom. The molecule has 0 fully saturated rings. The quantitative estimate of drug-likeness (QED) is 0.775. The van der Waals surface area contributed by atoms with Crippen molar-refractivity contribution in [2.45, 2.75) is 26.4 Å². The number of rotatable bonds is 5. The van der Waals surface area contributed by atoms with Crippen molar-refractivity contribution >= 4 is 11.9 Å². The molecule has 2 rings (SSSR count). The van der Waals surface area contributed by atoms with Gasteiger partial charge in [-0.3, -0.25) is 9.59 Å². The number of benzene rings is 1. The van der Waals surface area contributed by atoms with Crippen molar-refractivity contribution in [2.24, 2.45) is 0 Å². The van der Waals surface area contributed by atoms with Crippen LogP contribution in [0.1, 0.15) is 31.1 Å². The summed E-state index contributed by atoms with van der Waals surface area (Å²) in [5.41, 5.74) is 2.03. The van der Waals surface area contributed by atoms with E-state index in [0.29, 0.717) is 19.8 Å². The van der Waals surface area contributed by atoms with Crippen LogP contribution in [0.3, 0.4) is 0 Å². The molecule has 0 bridgehead atoms. The van der Waals surface area contributed by atoms with Crippen molar-refractivity contribution in [3.8, 4) is 0 Å². The average molecular weight is 291 g/mol. The minimum absolute atomic E-state index is 0.0365. The number of hydrogen-bond acceptors (Lipinski definition) is 4. The van der Waals surface area contributed by atoms with Crippen LogP contribution >= 0.6 is 0 Å². The Labute approximate surface area is 124 Å². The second-order valence-corrected chi connectivity index (χ2v) is 4.86. The molecule has 114 valence electrons. The Kier molecular flexibility index (Phi) is 5.33. The molecule has 0 saturated carbocycles. The number of esters is 1. The summed E-state index contributed by atoms with van der Waals surface area (Å²) in [4.78, 5) is 25.7. The molecule has 0 saturated heterocycles. The van der Waals surface area contributed by atoms with Crippen LogP contribution in [0, 0.1) is 0 Å². The van der Waals surface area contributed by atoms with E-state index in [0.717, 1.165) is 17.5 Å². The predicted octanol–water partition coefficient (Wildman–Crippen LogP) is 1.71. The number of likely N-dealkylation sites (N-methyl/N-ethyl adjacent to an activating group) is 1. The number of amides is 1. The molecule has 1 aliphatic heterocycles. The van der Waals surface area contributed by atoms with Gasteiger partial charge in [0.15, 0.2) is 6.10 Å². The van der Waals surface area contributed by atoms with Crippen molar-refractivity contribution in [3.63, 3.8) is 0 Å². The molecule has 0 aromatic heterocycles. The zero-order chi connectivity index (χ0) is 15.2. The first-order valence-corrected chi connectivity index (χ1v) is 7.31. The highest BCUT2D eigenvalue weighted by molar-refractivity contribution is 5.86. The third-order valence-corrected chi connectivity index (χ3v) is 3.54. The minimum Gasteiger partial charge on any atom is -0.465 e. The zero-order valence-electron chi connectivity index (χ0n) is 12.5. The van der Waals surface area contributed by atoms with E-state index in [-0.39, 0.29) is 12.5 Å². The Balaban J connectivity index is 2.13. The minimum atomic E-state index is -0.621. The van der Waals surface area contributed by atoms with Crippen LogP contribution in [0.25, 0.3) is 0 Å². The lowest BCUT2D eigenvalue weighted by Gasteiger charge is -2.29. The van der Waals surface area contributed by atoms with Crippen molar-refractivity contribution in [1.29, 1.82) is 0 Å². The zero-order valence-corrected chi connectivity index (χ0v) is 12.5. The van der Waals surface area contributed by atoms with Crippen molar-refractivity contribution in [3.05, 3.63) is 35.4 Å². The van der Waals surface area contributed by atoms with E-state index in [9.17, 15) is 9.59 Å². The van der Waals surface area contributed by atoms with Crippen LogP contribution in [0.15, 0.2) is 24.3 Å². The summed E-state index contributed by atoms with van der Waals surface area (Å²) in [6, 6.07) is 7.78. The molecule has 1 aromatic rings. The van der Waals surface area contributed by atoms with E-state index >= 15 is 0 Å². The first-order valence-electron chi connectivity index (χ1n) is 7.31. The van der Waals surface area contributed by atoms with Crippen LogP contribution in [-0.4, -0.2) is 43.1 Å². The number of nitrogens with zero attached hydrogens (tertiary/aromatic N) is 1. The van der Waals surface area contributed by atoms with E-state index in [1.165, 1.54) is 4.90 Å². The smallest absolute Gasteiger partial charge is 0.325 e. The topological polar surface area (TPSA) is 55.8 Å². The van der Waals surface area contributed by atoms with Crippen LogP contribution in [0.5, 0.6) is 0 Å². The Bertz CT molecular complexity index is 515. The van der Waals surface area contributed by atoms with Gasteiger partial charge in [0.25, 0.3) is 5.91 Å². The maximum absolute atomic E-state index is 12.6. The number of ether oxygens (including phenoxy) is 2. The lowest BCUT2D eigenvalue weighted by Crippen LogP contribution is -2.41. The lowest BCUT2D eigenvalue weighted by molar-refractivity contribution is -0.154. The monoisotopic (exact) mass is 291 g/mol. The second kappa shape index (κ2) is 7.22. The van der Waals surface area contributed by atoms with Gasteiger partial charge in [-0.15, -0.1) is 0 Å². The summed E-state index contributed by atoms with van der Waals surface area (Å²) in [6.07, 6.45) is 0.188. The highest BCUT2D eigenvalue weighted by Crippen LogP contribution is 2.28. The largest absolute Gasteiger partial charge is 0.465 e. The number of hydrogen-bond donors (Lipinski definition) is 0. The standard InChI is InChI=1S/C16H21NO4/c1-3-17(11-14(18)20-4-2)16(19)15-13-8-6-5-7-12(13)9-10-21-15/h5-8,15H,3-4,9-11H2,1-2H3. The highest BCUT2D eigenvalue weighted by Gasteiger charge is 2.31. The molecule has 1 aliphatic rings. The second-order valence-electron chi connectivity index (χ2n) is 4.86. The average Bonchev–Trinajstić information content (AvgIpc) is 2.51. The van der Waals surface area contributed by atoms with Gasteiger partial charge in [0.1, 0.15) is 6.54 Å². The molecular weight excluding hydrogens is 270 g/mol. The molecule has 1 atom stereocenters. The molecule has 1 heterocycles. The summed E-state index contributed by atoms with van der Waals surface area (Å²) in [5.74, 6) is -0.575. The first kappa shape index (κ1) is 15.5. The van der Waals surface area contributed by atoms with Gasteiger partial charge in [-0.05, 0) is 31.4 Å². The molecule has 21 heavy (non-hydrogen) atoms. The fourth-order valence-corrected chi connectivity index (χ4v) is 2.47. The van der Waals surface area contributed by atoms with E-state index < -0.39 is 12.1 Å². The normalized spacial score (nSPS) is 17.0. The molecule has 0 spiro atoms. The van der Waals surface area contributed by atoms with Gasteiger partial charge in [0.2, 0.25) is 0 Å². The molecule has 0 radical (unpaired) electrons.